The number of hydrogen-bond acceptors (Lipinski definition) is 6. The van der Waals surface area contributed by atoms with Crippen LogP contribution < -0.4 is 18.9 Å². The van der Waals surface area contributed by atoms with Crippen LogP contribution in [0.5, 0.6) is 23.0 Å². The number of hydrogen-bond donors (Lipinski definition) is 2. The van der Waals surface area contributed by atoms with Gasteiger partial charge in [-0.1, -0.05) is 61.4 Å². The average molecular weight is 813 g/mol. The standard InChI is InChI=1S/C54H68O6/c1-57-51-39-25-35-13-5-3-7-16-38-28-42(54(60-24-12-10-22-56)49(31-38)45-19-17-43(45)47(51)29-35)34-40-26-36-14-6-4-8-15-37-27-41(33-39)53(59-23-11-9-21-55)50(32-37)46-20-18-44(46)48(30-36)52(40)58-2/h25-32,43-46,55-56H,3-24,33-34H2,1-2H3/t43-,44-,45+,46+/m0/s1. The second-order valence-electron chi connectivity index (χ2n) is 18.7. The fourth-order valence-corrected chi connectivity index (χ4v) is 11.5. The van der Waals surface area contributed by atoms with Gasteiger partial charge in [0.2, 0.25) is 0 Å². The molecule has 0 spiro atoms. The first kappa shape index (κ1) is 41.4. The van der Waals surface area contributed by atoms with Gasteiger partial charge in [0.05, 0.1) is 27.4 Å². The van der Waals surface area contributed by atoms with E-state index in [4.69, 9.17) is 18.9 Å². The summed E-state index contributed by atoms with van der Waals surface area (Å²) in [6, 6.07) is 19.9. The summed E-state index contributed by atoms with van der Waals surface area (Å²) >= 11 is 0. The Balaban J connectivity index is 1.31. The Morgan fingerprint density at radius 3 is 1.03 bits per heavy atom. The summed E-state index contributed by atoms with van der Waals surface area (Å²) in [5.74, 6) is 5.50. The fraction of sp³-hybridized carbons (Fsp3) is 0.556. The zero-order valence-electron chi connectivity index (χ0n) is 36.4. The highest BCUT2D eigenvalue weighted by Crippen LogP contribution is 2.58. The molecule has 60 heavy (non-hydrogen) atoms. The third-order valence-corrected chi connectivity index (χ3v) is 14.8. The molecule has 2 N–H and O–H groups in total. The van der Waals surface area contributed by atoms with Gasteiger partial charge in [0.25, 0.3) is 0 Å². The molecule has 0 heterocycles. The lowest BCUT2D eigenvalue weighted by molar-refractivity contribution is 0.246. The maximum absolute atomic E-state index is 9.72. The molecule has 5 aliphatic rings. The zero-order chi connectivity index (χ0) is 41.0. The predicted molar refractivity (Wildman–Crippen MR) is 240 cm³/mol. The van der Waals surface area contributed by atoms with Gasteiger partial charge in [-0.15, -0.1) is 0 Å². The molecule has 4 aromatic rings. The number of aryl methyl sites for hydroxylation is 4. The van der Waals surface area contributed by atoms with Gasteiger partial charge in [-0.2, -0.15) is 0 Å². The predicted octanol–water partition coefficient (Wildman–Crippen LogP) is 11.4. The van der Waals surface area contributed by atoms with E-state index >= 15 is 0 Å². The molecule has 0 aromatic heterocycles. The maximum atomic E-state index is 9.72. The minimum atomic E-state index is 0.183. The number of fused-ring (bicyclic) bond motifs is 8. The molecular weight excluding hydrogens is 745 g/mol. The number of aliphatic hydroxyl groups is 2. The van der Waals surface area contributed by atoms with Gasteiger partial charge in [0.1, 0.15) is 23.0 Å². The maximum Gasteiger partial charge on any atom is 0.126 e. The molecule has 0 aliphatic heterocycles. The van der Waals surface area contributed by atoms with Gasteiger partial charge in [-0.05, 0) is 193 Å². The fourth-order valence-electron chi connectivity index (χ4n) is 11.5. The van der Waals surface area contributed by atoms with Gasteiger partial charge in [-0.25, -0.2) is 0 Å². The lowest BCUT2D eigenvalue weighted by Gasteiger charge is -2.41. The summed E-state index contributed by atoms with van der Waals surface area (Å²) in [6.07, 6.45) is 20.4. The van der Waals surface area contributed by atoms with Crippen LogP contribution in [0.15, 0.2) is 48.5 Å². The van der Waals surface area contributed by atoms with Crippen LogP contribution in [0.2, 0.25) is 0 Å². The van der Waals surface area contributed by atoms with Crippen LogP contribution in [0.25, 0.3) is 0 Å². The minimum Gasteiger partial charge on any atom is -0.496 e. The van der Waals surface area contributed by atoms with E-state index in [2.05, 4.69) is 48.5 Å². The third-order valence-electron chi connectivity index (χ3n) is 14.8. The lowest BCUT2D eigenvalue weighted by atomic mass is 9.64. The van der Waals surface area contributed by atoms with Crippen LogP contribution >= 0.6 is 0 Å². The van der Waals surface area contributed by atoms with E-state index in [9.17, 15) is 10.2 Å². The van der Waals surface area contributed by atoms with Crippen LogP contribution in [0, 0.1) is 0 Å². The van der Waals surface area contributed by atoms with Crippen LogP contribution in [0.4, 0.5) is 0 Å². The van der Waals surface area contributed by atoms with Gasteiger partial charge < -0.3 is 29.2 Å². The summed E-state index contributed by atoms with van der Waals surface area (Å²) in [5, 5.41) is 19.4. The Bertz CT molecular complexity index is 1980. The van der Waals surface area contributed by atoms with Crippen molar-refractivity contribution in [1.29, 1.82) is 0 Å². The highest BCUT2D eigenvalue weighted by Gasteiger charge is 2.41. The molecule has 0 amide bonds. The van der Waals surface area contributed by atoms with Crippen molar-refractivity contribution in [2.75, 3.05) is 40.6 Å². The van der Waals surface area contributed by atoms with Crippen molar-refractivity contribution in [1.82, 2.24) is 0 Å². The lowest BCUT2D eigenvalue weighted by Crippen LogP contribution is -2.25. The first-order chi connectivity index (χ1) is 29.6. The largest absolute Gasteiger partial charge is 0.496 e. The van der Waals surface area contributed by atoms with Crippen LogP contribution in [0.3, 0.4) is 0 Å². The Kier molecular flexibility index (Phi) is 13.1. The smallest absolute Gasteiger partial charge is 0.126 e. The van der Waals surface area contributed by atoms with Crippen molar-refractivity contribution in [3.05, 3.63) is 115 Å². The Labute approximate surface area is 359 Å². The van der Waals surface area contributed by atoms with Crippen molar-refractivity contribution in [2.24, 2.45) is 0 Å². The van der Waals surface area contributed by atoms with E-state index in [1.165, 1.54) is 92.4 Å². The summed E-state index contributed by atoms with van der Waals surface area (Å²) in [5.41, 5.74) is 16.2. The summed E-state index contributed by atoms with van der Waals surface area (Å²) in [7, 11) is 3.77. The molecule has 0 radical (unpaired) electrons. The number of rotatable bonds is 12. The molecule has 320 valence electrons. The summed E-state index contributed by atoms with van der Waals surface area (Å²) in [4.78, 5) is 0. The van der Waals surface area contributed by atoms with Crippen molar-refractivity contribution in [3.63, 3.8) is 0 Å². The van der Waals surface area contributed by atoms with Gasteiger partial charge in [0, 0.05) is 26.1 Å². The topological polar surface area (TPSA) is 77.4 Å². The normalized spacial score (nSPS) is 21.8. The molecule has 2 fully saturated rings. The summed E-state index contributed by atoms with van der Waals surface area (Å²) in [6.45, 7) is 1.55. The number of ether oxygens (including phenoxy) is 4. The van der Waals surface area contributed by atoms with Crippen molar-refractivity contribution in [3.8, 4) is 23.0 Å². The van der Waals surface area contributed by atoms with E-state index in [1.54, 1.807) is 0 Å². The van der Waals surface area contributed by atoms with Crippen LogP contribution in [-0.2, 0) is 38.5 Å². The van der Waals surface area contributed by atoms with Gasteiger partial charge in [0.15, 0.2) is 0 Å². The highest BCUT2D eigenvalue weighted by atomic mass is 16.5. The number of benzene rings is 4. The summed E-state index contributed by atoms with van der Waals surface area (Å²) < 4.78 is 27.2. The molecule has 4 atom stereocenters. The second-order valence-corrected chi connectivity index (χ2v) is 18.7. The molecule has 2 saturated carbocycles. The van der Waals surface area contributed by atoms with E-state index in [1.807, 2.05) is 14.2 Å². The first-order valence-corrected chi connectivity index (χ1v) is 23.7. The molecule has 6 nitrogen and oxygen atoms in total. The molecule has 0 unspecified atom stereocenters. The molecule has 6 heteroatoms. The quantitative estimate of drug-likeness (QED) is 0.139. The van der Waals surface area contributed by atoms with E-state index in [0.29, 0.717) is 36.9 Å². The monoisotopic (exact) mass is 813 g/mol. The Hall–Kier alpha value is -4.00. The number of unbranched alkanes of at least 4 members (excludes halogenated alkanes) is 2. The minimum absolute atomic E-state index is 0.183. The molecule has 0 saturated heterocycles. The number of methoxy groups -OCH3 is 2. The molecule has 5 aliphatic carbocycles. The molecular formula is C54H68O6. The van der Waals surface area contributed by atoms with Crippen LogP contribution in [0.1, 0.15) is 180 Å². The number of aliphatic hydroxyl groups excluding tert-OH is 2. The van der Waals surface area contributed by atoms with E-state index < -0.39 is 0 Å². The molecule has 4 aromatic carbocycles. The van der Waals surface area contributed by atoms with Crippen LogP contribution in [-0.4, -0.2) is 50.9 Å². The SMILES string of the molecule is COc1c2cc3cc1[C@H]1CC[C@H]1c1cc(cc(c1OCCCCO)Cc1cc4cc(c1OC)[C@H]1CC[C@H]1c1cc(cc(c1OCCCCO)C2)CCCCC4)CCCCC3. The van der Waals surface area contributed by atoms with E-state index in [0.717, 1.165) is 126 Å². The van der Waals surface area contributed by atoms with Gasteiger partial charge in [-0.3, -0.25) is 0 Å². The molecule has 12 bridgehead atoms. The van der Waals surface area contributed by atoms with Crippen molar-refractivity contribution >= 4 is 0 Å². The second kappa shape index (κ2) is 18.9. The van der Waals surface area contributed by atoms with Gasteiger partial charge >= 0.3 is 0 Å². The molecule has 9 rings (SSSR count). The van der Waals surface area contributed by atoms with E-state index in [-0.39, 0.29) is 13.2 Å². The zero-order valence-corrected chi connectivity index (χ0v) is 36.4. The first-order valence-electron chi connectivity index (χ1n) is 23.7. The average Bonchev–Trinajstić information content (AvgIpc) is 3.21. The highest BCUT2D eigenvalue weighted by molar-refractivity contribution is 5.59. The van der Waals surface area contributed by atoms with Crippen molar-refractivity contribution < 1.29 is 29.2 Å². The van der Waals surface area contributed by atoms with Crippen molar-refractivity contribution in [2.45, 2.75) is 152 Å². The Morgan fingerprint density at radius 2 is 0.733 bits per heavy atom. The Morgan fingerprint density at radius 1 is 0.417 bits per heavy atom. The third kappa shape index (κ3) is 8.45.